The first-order valence-corrected chi connectivity index (χ1v) is 9.78. The van der Waals surface area contributed by atoms with E-state index in [1.807, 2.05) is 19.1 Å². The third kappa shape index (κ3) is 4.06. The molecule has 0 amide bonds. The van der Waals surface area contributed by atoms with Crippen LogP contribution in [0.2, 0.25) is 0 Å². The highest BCUT2D eigenvalue weighted by Gasteiger charge is 2.35. The first-order valence-electron chi connectivity index (χ1n) is 7.97. The molecule has 126 valence electrons. The summed E-state index contributed by atoms with van der Waals surface area (Å²) in [7, 11) is -3.49. The van der Waals surface area contributed by atoms with Crippen molar-refractivity contribution in [1.29, 1.82) is 0 Å². The van der Waals surface area contributed by atoms with Crippen LogP contribution in [0.15, 0.2) is 52.4 Å². The molecule has 0 N–H and O–H groups in total. The van der Waals surface area contributed by atoms with Crippen LogP contribution in [0.1, 0.15) is 31.7 Å². The lowest BCUT2D eigenvalue weighted by Gasteiger charge is -2.15. The van der Waals surface area contributed by atoms with Crippen molar-refractivity contribution in [3.63, 3.8) is 0 Å². The Morgan fingerprint density at radius 3 is 2.61 bits per heavy atom. The first-order chi connectivity index (χ1) is 10.9. The van der Waals surface area contributed by atoms with Crippen LogP contribution in [0.3, 0.4) is 0 Å². The Labute approximate surface area is 144 Å². The van der Waals surface area contributed by atoms with E-state index in [1.165, 1.54) is 4.31 Å². The molecule has 5 heteroatoms. The summed E-state index contributed by atoms with van der Waals surface area (Å²) in [5.41, 5.74) is 2.03. The summed E-state index contributed by atoms with van der Waals surface area (Å²) in [6.07, 6.45) is 4.68. The lowest BCUT2D eigenvalue weighted by molar-refractivity contribution is 0.471. The van der Waals surface area contributed by atoms with Crippen LogP contribution in [-0.4, -0.2) is 25.8 Å². The zero-order valence-corrected chi connectivity index (χ0v) is 15.3. The molecule has 1 aromatic rings. The van der Waals surface area contributed by atoms with Crippen molar-refractivity contribution in [2.75, 3.05) is 13.1 Å². The van der Waals surface area contributed by atoms with Gasteiger partial charge < -0.3 is 0 Å². The molecule has 1 unspecified atom stereocenters. The average molecular weight is 354 g/mol. The molecule has 0 spiro atoms. The fraction of sp³-hybridized carbons (Fsp3) is 0.444. The third-order valence-corrected chi connectivity index (χ3v) is 6.49. The van der Waals surface area contributed by atoms with E-state index in [2.05, 4.69) is 13.5 Å². The van der Waals surface area contributed by atoms with E-state index in [-0.39, 0.29) is 5.92 Å². The largest absolute Gasteiger partial charge is 0.243 e. The molecule has 1 heterocycles. The van der Waals surface area contributed by atoms with Crippen LogP contribution >= 0.6 is 11.6 Å². The van der Waals surface area contributed by atoms with Crippen molar-refractivity contribution >= 4 is 21.6 Å². The van der Waals surface area contributed by atoms with Gasteiger partial charge in [-0.3, -0.25) is 0 Å². The number of halogens is 1. The number of hydrogen-bond acceptors (Lipinski definition) is 2. The van der Waals surface area contributed by atoms with E-state index in [0.717, 1.165) is 35.4 Å². The highest BCUT2D eigenvalue weighted by molar-refractivity contribution is 7.89. The van der Waals surface area contributed by atoms with Gasteiger partial charge in [0.15, 0.2) is 0 Å². The molecule has 2 rings (SSSR count). The van der Waals surface area contributed by atoms with Crippen LogP contribution in [0.4, 0.5) is 0 Å². The van der Waals surface area contributed by atoms with Crippen LogP contribution in [-0.2, 0) is 10.0 Å². The summed E-state index contributed by atoms with van der Waals surface area (Å²) < 4.78 is 27.1. The molecular weight excluding hydrogens is 330 g/mol. The van der Waals surface area contributed by atoms with Gasteiger partial charge in [0.25, 0.3) is 0 Å². The maximum absolute atomic E-state index is 12.8. The number of rotatable bonds is 6. The molecule has 0 saturated carbocycles. The van der Waals surface area contributed by atoms with Crippen molar-refractivity contribution in [1.82, 2.24) is 4.31 Å². The lowest BCUT2D eigenvalue weighted by Crippen LogP contribution is -2.28. The van der Waals surface area contributed by atoms with Crippen LogP contribution in [0.5, 0.6) is 0 Å². The van der Waals surface area contributed by atoms with Crippen LogP contribution < -0.4 is 0 Å². The molecule has 1 aliphatic rings. The Bertz CT molecular complexity index is 692. The molecule has 0 radical (unpaired) electrons. The van der Waals surface area contributed by atoms with Crippen molar-refractivity contribution in [2.24, 2.45) is 5.92 Å². The number of aryl methyl sites for hydroxylation is 1. The third-order valence-electron chi connectivity index (χ3n) is 4.24. The second-order valence-electron chi connectivity index (χ2n) is 5.99. The molecule has 0 aliphatic carbocycles. The number of nitrogens with zero attached hydrogens (tertiary/aromatic N) is 1. The predicted molar refractivity (Wildman–Crippen MR) is 96.0 cm³/mol. The SMILES string of the molecule is C=CC1CN(S(=O)(=O)c2ccc(C)cc2)C/C1=C(/Cl)CCCC. The fourth-order valence-electron chi connectivity index (χ4n) is 2.74. The second kappa shape index (κ2) is 7.65. The summed E-state index contributed by atoms with van der Waals surface area (Å²) in [6.45, 7) is 8.67. The van der Waals surface area contributed by atoms with E-state index >= 15 is 0 Å². The number of hydrogen-bond donors (Lipinski definition) is 0. The van der Waals surface area contributed by atoms with Crippen molar-refractivity contribution in [2.45, 2.75) is 38.0 Å². The monoisotopic (exact) mass is 353 g/mol. The minimum Gasteiger partial charge on any atom is -0.207 e. The summed E-state index contributed by atoms with van der Waals surface area (Å²) in [5, 5.41) is 0.790. The molecule has 1 atom stereocenters. The Balaban J connectivity index is 2.28. The zero-order valence-electron chi connectivity index (χ0n) is 13.8. The maximum Gasteiger partial charge on any atom is 0.243 e. The van der Waals surface area contributed by atoms with Gasteiger partial charge in [-0.2, -0.15) is 4.31 Å². The van der Waals surface area contributed by atoms with Crippen molar-refractivity contribution < 1.29 is 8.42 Å². The lowest BCUT2D eigenvalue weighted by atomic mass is 10.0. The Hall–Kier alpha value is -1.10. The number of benzene rings is 1. The van der Waals surface area contributed by atoms with E-state index in [1.54, 1.807) is 18.2 Å². The molecule has 1 saturated heterocycles. The van der Waals surface area contributed by atoms with Gasteiger partial charge in [0.05, 0.1) is 4.90 Å². The molecule has 1 aliphatic heterocycles. The Morgan fingerprint density at radius 2 is 2.04 bits per heavy atom. The number of unbranched alkanes of at least 4 members (excludes halogenated alkanes) is 1. The second-order valence-corrected chi connectivity index (χ2v) is 8.38. The average Bonchev–Trinajstić information content (AvgIpc) is 2.98. The zero-order chi connectivity index (χ0) is 17.0. The quantitative estimate of drug-likeness (QED) is 0.707. The van der Waals surface area contributed by atoms with Crippen molar-refractivity contribution in [3.8, 4) is 0 Å². The molecule has 23 heavy (non-hydrogen) atoms. The van der Waals surface area contributed by atoms with Gasteiger partial charge in [-0.25, -0.2) is 8.42 Å². The van der Waals surface area contributed by atoms with E-state index < -0.39 is 10.0 Å². The summed E-state index contributed by atoms with van der Waals surface area (Å²) in [5.74, 6) is -0.000389. The van der Waals surface area contributed by atoms with E-state index in [9.17, 15) is 8.42 Å². The van der Waals surface area contributed by atoms with Gasteiger partial charge in [0, 0.05) is 24.0 Å². The van der Waals surface area contributed by atoms with Gasteiger partial charge >= 0.3 is 0 Å². The predicted octanol–water partition coefficient (Wildman–Crippen LogP) is 4.48. The van der Waals surface area contributed by atoms with E-state index in [4.69, 9.17) is 11.6 Å². The van der Waals surface area contributed by atoms with Crippen LogP contribution in [0, 0.1) is 12.8 Å². The molecular formula is C18H24ClNO2S. The Kier molecular flexibility index (Phi) is 6.06. The molecule has 1 fully saturated rings. The standard InChI is InChI=1S/C18H24ClNO2S/c1-4-6-7-18(19)17-13-20(12-15(17)5-2)23(21,22)16-10-8-14(3)9-11-16/h5,8-11,15H,2,4,6-7,12-13H2,1,3H3/b18-17-. The molecule has 3 nitrogen and oxygen atoms in total. The molecule has 0 bridgehead atoms. The van der Waals surface area contributed by atoms with Gasteiger partial charge in [-0.05, 0) is 37.5 Å². The minimum atomic E-state index is -3.49. The smallest absolute Gasteiger partial charge is 0.207 e. The van der Waals surface area contributed by atoms with Crippen LogP contribution in [0.25, 0.3) is 0 Å². The van der Waals surface area contributed by atoms with Gasteiger partial charge in [0.2, 0.25) is 10.0 Å². The Morgan fingerprint density at radius 1 is 1.39 bits per heavy atom. The van der Waals surface area contributed by atoms with Gasteiger partial charge in [0.1, 0.15) is 0 Å². The number of sulfonamides is 1. The summed E-state index contributed by atoms with van der Waals surface area (Å²) in [4.78, 5) is 0.330. The van der Waals surface area contributed by atoms with Gasteiger partial charge in [-0.15, -0.1) is 6.58 Å². The molecule has 1 aromatic carbocycles. The number of allylic oxidation sites excluding steroid dienone is 1. The topological polar surface area (TPSA) is 37.4 Å². The summed E-state index contributed by atoms with van der Waals surface area (Å²) in [6, 6.07) is 6.96. The van der Waals surface area contributed by atoms with Crippen molar-refractivity contribution in [3.05, 3.63) is 53.1 Å². The maximum atomic E-state index is 12.8. The van der Waals surface area contributed by atoms with Gasteiger partial charge in [-0.1, -0.05) is 48.7 Å². The van der Waals surface area contributed by atoms with E-state index in [0.29, 0.717) is 18.0 Å². The summed E-state index contributed by atoms with van der Waals surface area (Å²) >= 11 is 6.43. The fourth-order valence-corrected chi connectivity index (χ4v) is 4.52. The normalized spacial score (nSPS) is 21.4. The highest BCUT2D eigenvalue weighted by Crippen LogP contribution is 2.33. The highest BCUT2D eigenvalue weighted by atomic mass is 35.5. The minimum absolute atomic E-state index is 0.000389. The molecule has 0 aromatic heterocycles. The first kappa shape index (κ1) is 18.2.